The highest BCUT2D eigenvalue weighted by Crippen LogP contribution is 2.39. The molecule has 4 aromatic rings. The Balaban J connectivity index is 1.71. The van der Waals surface area contributed by atoms with Crippen LogP contribution in [0.4, 0.5) is 21.6 Å². The topological polar surface area (TPSA) is 94.0 Å². The number of Topliss-reactive ketones (excluding diaryl/α,β-unsaturated/α-hetero) is 1. The zero-order valence-electron chi connectivity index (χ0n) is 17.7. The number of nitrogens with two attached hydrogens (primary N) is 1. The molecule has 164 valence electrons. The van der Waals surface area contributed by atoms with Gasteiger partial charge in [0.05, 0.1) is 10.4 Å². The Hall–Kier alpha value is -3.45. The van der Waals surface area contributed by atoms with Crippen LogP contribution in [0.3, 0.4) is 0 Å². The first-order valence-corrected chi connectivity index (χ1v) is 10.6. The number of hydrogen-bond donors (Lipinski definition) is 2. The van der Waals surface area contributed by atoms with E-state index >= 15 is 0 Å². The highest BCUT2D eigenvalue weighted by Gasteiger charge is 2.19. The molecule has 3 heterocycles. The van der Waals surface area contributed by atoms with E-state index in [0.717, 1.165) is 6.42 Å². The number of carbonyl (C=O) groups is 1. The summed E-state index contributed by atoms with van der Waals surface area (Å²) in [4.78, 5) is 21.2. The Morgan fingerprint density at radius 1 is 1.19 bits per heavy atom. The molecule has 0 bridgehead atoms. The molecule has 32 heavy (non-hydrogen) atoms. The molecule has 1 aromatic carbocycles. The van der Waals surface area contributed by atoms with Crippen LogP contribution in [-0.2, 0) is 0 Å². The summed E-state index contributed by atoms with van der Waals surface area (Å²) in [6, 6.07) is 9.55. The number of anilines is 3. The fourth-order valence-electron chi connectivity index (χ4n) is 3.37. The van der Waals surface area contributed by atoms with E-state index in [4.69, 9.17) is 21.8 Å². The lowest BCUT2D eigenvalue weighted by Gasteiger charge is -2.07. The lowest BCUT2D eigenvalue weighted by molar-refractivity contribution is 0.0970. The van der Waals surface area contributed by atoms with Gasteiger partial charge in [0.2, 0.25) is 5.88 Å². The second-order valence-electron chi connectivity index (χ2n) is 7.92. The molecule has 0 unspecified atom stereocenters. The maximum absolute atomic E-state index is 13.5. The zero-order chi connectivity index (χ0) is 22.8. The first-order chi connectivity index (χ1) is 15.3. The number of halogens is 2. The smallest absolute Gasteiger partial charge is 0.215 e. The first kappa shape index (κ1) is 21.8. The van der Waals surface area contributed by atoms with Crippen molar-refractivity contribution in [1.82, 2.24) is 9.97 Å². The van der Waals surface area contributed by atoms with E-state index < -0.39 is 5.82 Å². The lowest BCUT2D eigenvalue weighted by atomic mass is 10.0. The zero-order valence-corrected chi connectivity index (χ0v) is 18.4. The highest BCUT2D eigenvalue weighted by molar-refractivity contribution is 6.31. The fraction of sp³-hybridized carbons (Fsp3) is 0.208. The summed E-state index contributed by atoms with van der Waals surface area (Å²) in [5.41, 5.74) is 9.31. The van der Waals surface area contributed by atoms with E-state index in [-0.39, 0.29) is 16.7 Å². The minimum atomic E-state index is -0.509. The third-order valence-corrected chi connectivity index (χ3v) is 5.38. The maximum Gasteiger partial charge on any atom is 0.215 e. The third-order valence-electron chi connectivity index (χ3n) is 5.09. The first-order valence-electron chi connectivity index (χ1n) is 10.2. The summed E-state index contributed by atoms with van der Waals surface area (Å²) in [5.74, 6) is 0.0647. The fourth-order valence-corrected chi connectivity index (χ4v) is 3.55. The minimum absolute atomic E-state index is 0.00447. The number of hydrogen-bond acceptors (Lipinski definition) is 6. The van der Waals surface area contributed by atoms with Crippen molar-refractivity contribution in [1.29, 1.82) is 0 Å². The Labute approximate surface area is 189 Å². The molecule has 6 nitrogen and oxygen atoms in total. The van der Waals surface area contributed by atoms with Crippen molar-refractivity contribution in [2.45, 2.75) is 26.7 Å². The van der Waals surface area contributed by atoms with Gasteiger partial charge in [-0.1, -0.05) is 25.4 Å². The number of furan rings is 1. The molecule has 0 amide bonds. The molecule has 0 saturated heterocycles. The predicted octanol–water partition coefficient (Wildman–Crippen LogP) is 6.63. The second-order valence-corrected chi connectivity index (χ2v) is 8.32. The molecule has 0 aliphatic rings. The van der Waals surface area contributed by atoms with E-state index in [1.807, 2.05) is 0 Å². The van der Waals surface area contributed by atoms with Gasteiger partial charge in [-0.2, -0.15) is 0 Å². The molecular formula is C24H22ClFN4O2. The number of pyridine rings is 2. The van der Waals surface area contributed by atoms with Crippen molar-refractivity contribution in [3.05, 3.63) is 65.3 Å². The van der Waals surface area contributed by atoms with Gasteiger partial charge in [-0.05, 0) is 48.7 Å². The van der Waals surface area contributed by atoms with Crippen LogP contribution >= 0.6 is 11.6 Å². The number of nitrogens with one attached hydrogen (secondary N) is 1. The monoisotopic (exact) mass is 452 g/mol. The molecule has 4 rings (SSSR count). The molecule has 0 saturated carbocycles. The minimum Gasteiger partial charge on any atom is -0.436 e. The van der Waals surface area contributed by atoms with Crippen molar-refractivity contribution in [3.63, 3.8) is 0 Å². The van der Waals surface area contributed by atoms with Gasteiger partial charge in [0.25, 0.3) is 0 Å². The number of aromatic nitrogens is 2. The second kappa shape index (κ2) is 8.96. The van der Waals surface area contributed by atoms with Gasteiger partial charge >= 0.3 is 0 Å². The molecule has 3 aromatic heterocycles. The van der Waals surface area contributed by atoms with Crippen LogP contribution in [0.15, 0.2) is 53.2 Å². The van der Waals surface area contributed by atoms with Crippen LogP contribution in [0.5, 0.6) is 0 Å². The summed E-state index contributed by atoms with van der Waals surface area (Å²) >= 11 is 5.88. The van der Waals surface area contributed by atoms with E-state index in [9.17, 15) is 9.18 Å². The van der Waals surface area contributed by atoms with E-state index in [1.54, 1.807) is 36.7 Å². The van der Waals surface area contributed by atoms with Crippen molar-refractivity contribution < 1.29 is 13.6 Å². The summed E-state index contributed by atoms with van der Waals surface area (Å²) in [7, 11) is 0. The Morgan fingerprint density at radius 3 is 2.72 bits per heavy atom. The number of benzene rings is 1. The number of ketones is 1. The predicted molar refractivity (Wildman–Crippen MR) is 125 cm³/mol. The van der Waals surface area contributed by atoms with Crippen LogP contribution in [-0.4, -0.2) is 15.8 Å². The van der Waals surface area contributed by atoms with Crippen molar-refractivity contribution in [3.8, 4) is 11.3 Å². The third kappa shape index (κ3) is 4.43. The molecule has 0 atom stereocenters. The SMILES string of the molecule is CC(C)CCC(=O)c1cc(-c2nccc3c(Nc4ccc(F)c(Cl)c4)c(N)oc23)ccn1. The highest BCUT2D eigenvalue weighted by atomic mass is 35.5. The average molecular weight is 453 g/mol. The van der Waals surface area contributed by atoms with Crippen LogP contribution in [0.1, 0.15) is 37.2 Å². The Bertz CT molecular complexity index is 1300. The number of nitrogen functional groups attached to an aromatic ring is 1. The molecule has 0 radical (unpaired) electrons. The van der Waals surface area contributed by atoms with Crippen molar-refractivity contribution >= 4 is 45.6 Å². The van der Waals surface area contributed by atoms with E-state index in [0.29, 0.717) is 51.6 Å². The van der Waals surface area contributed by atoms with Gasteiger partial charge < -0.3 is 15.5 Å². The van der Waals surface area contributed by atoms with Crippen molar-refractivity contribution in [2.75, 3.05) is 11.1 Å². The van der Waals surface area contributed by atoms with Gasteiger partial charge in [-0.3, -0.25) is 14.8 Å². The van der Waals surface area contributed by atoms with Gasteiger partial charge in [0.1, 0.15) is 22.9 Å². The molecule has 3 N–H and O–H groups in total. The van der Waals surface area contributed by atoms with Crippen molar-refractivity contribution in [2.24, 2.45) is 5.92 Å². The summed E-state index contributed by atoms with van der Waals surface area (Å²) in [5, 5.41) is 3.82. The Morgan fingerprint density at radius 2 is 1.97 bits per heavy atom. The quantitative estimate of drug-likeness (QED) is 0.306. The Kier molecular flexibility index (Phi) is 6.10. The number of rotatable bonds is 7. The van der Waals surface area contributed by atoms with Gasteiger partial charge in [0.15, 0.2) is 11.4 Å². The van der Waals surface area contributed by atoms with Crippen LogP contribution in [0.25, 0.3) is 22.2 Å². The largest absolute Gasteiger partial charge is 0.436 e. The summed E-state index contributed by atoms with van der Waals surface area (Å²) in [6.07, 6.45) is 4.46. The van der Waals surface area contributed by atoms with E-state index in [2.05, 4.69) is 29.1 Å². The van der Waals surface area contributed by atoms with Crippen LogP contribution < -0.4 is 11.1 Å². The molecule has 8 heteroatoms. The number of fused-ring (bicyclic) bond motifs is 1. The van der Waals surface area contributed by atoms with Gasteiger partial charge in [0, 0.05) is 30.1 Å². The molecular weight excluding hydrogens is 431 g/mol. The standard InChI is InChI=1S/C24H22ClFN4O2/c1-13(2)3-6-20(31)19-11-14(7-9-28-19)21-23-16(8-10-29-21)22(24(27)32-23)30-15-4-5-18(26)17(25)12-15/h4-5,7-13,30H,3,6,27H2,1-2H3. The van der Waals surface area contributed by atoms with Crippen LogP contribution in [0, 0.1) is 11.7 Å². The van der Waals surface area contributed by atoms with Gasteiger partial charge in [-0.15, -0.1) is 0 Å². The lowest BCUT2D eigenvalue weighted by Crippen LogP contribution is -2.04. The summed E-state index contributed by atoms with van der Waals surface area (Å²) < 4.78 is 19.3. The average Bonchev–Trinajstić information content (AvgIpc) is 3.09. The molecule has 0 aliphatic carbocycles. The van der Waals surface area contributed by atoms with Gasteiger partial charge in [-0.25, -0.2) is 4.39 Å². The molecule has 0 aliphatic heterocycles. The maximum atomic E-state index is 13.5. The number of carbonyl (C=O) groups excluding carboxylic acids is 1. The molecule has 0 fully saturated rings. The number of nitrogens with zero attached hydrogens (tertiary/aromatic N) is 2. The normalized spacial score (nSPS) is 11.3. The summed E-state index contributed by atoms with van der Waals surface area (Å²) in [6.45, 7) is 4.16. The molecule has 0 spiro atoms. The van der Waals surface area contributed by atoms with Crippen LogP contribution in [0.2, 0.25) is 5.02 Å². The van der Waals surface area contributed by atoms with E-state index in [1.165, 1.54) is 12.1 Å².